The molecule has 3 rings (SSSR count). The van der Waals surface area contributed by atoms with Crippen molar-refractivity contribution in [2.24, 2.45) is 0 Å². The van der Waals surface area contributed by atoms with Crippen molar-refractivity contribution >= 4 is 22.6 Å². The van der Waals surface area contributed by atoms with Crippen molar-refractivity contribution in [1.29, 1.82) is 0 Å². The molecule has 0 aliphatic rings. The van der Waals surface area contributed by atoms with Crippen LogP contribution in [0.25, 0.3) is 11.0 Å². The molecule has 0 fully saturated rings. The molecular formula is C19H22N4O3. The van der Waals surface area contributed by atoms with Gasteiger partial charge in [0.15, 0.2) is 5.65 Å². The van der Waals surface area contributed by atoms with E-state index >= 15 is 0 Å². The number of rotatable bonds is 5. The van der Waals surface area contributed by atoms with Gasteiger partial charge in [-0.25, -0.2) is 9.67 Å². The number of nitrogens with zero attached hydrogens (tertiary/aromatic N) is 3. The van der Waals surface area contributed by atoms with Gasteiger partial charge in [-0.2, -0.15) is 5.10 Å². The number of fused-ring (bicyclic) bond motifs is 1. The molecule has 0 bridgehead atoms. The second kappa shape index (κ2) is 7.03. The summed E-state index contributed by atoms with van der Waals surface area (Å²) >= 11 is 0. The molecule has 136 valence electrons. The van der Waals surface area contributed by atoms with E-state index in [0.717, 1.165) is 5.69 Å². The molecule has 2 heterocycles. The van der Waals surface area contributed by atoms with Crippen LogP contribution in [0.5, 0.6) is 11.5 Å². The molecule has 7 heteroatoms. The van der Waals surface area contributed by atoms with Crippen molar-refractivity contribution in [2.75, 3.05) is 19.5 Å². The lowest BCUT2D eigenvalue weighted by Gasteiger charge is -2.13. The highest BCUT2D eigenvalue weighted by Crippen LogP contribution is 2.30. The van der Waals surface area contributed by atoms with Crippen molar-refractivity contribution < 1.29 is 14.3 Å². The standard InChI is InChI=1S/C19H22N4O3/c1-11(2)23-18-15(10-20-23)14(8-12(3)21-18)19(24)22-16-9-13(25-4)6-7-17(16)26-5/h6-11H,1-5H3,(H,22,24). The zero-order chi connectivity index (χ0) is 18.8. The van der Waals surface area contributed by atoms with Crippen LogP contribution in [0.4, 0.5) is 5.69 Å². The first-order valence-electron chi connectivity index (χ1n) is 8.32. The van der Waals surface area contributed by atoms with Crippen LogP contribution in [0, 0.1) is 6.92 Å². The van der Waals surface area contributed by atoms with E-state index in [1.807, 2.05) is 25.5 Å². The predicted octanol–water partition coefficient (Wildman–Crippen LogP) is 3.59. The molecule has 2 aromatic heterocycles. The summed E-state index contributed by atoms with van der Waals surface area (Å²) in [5, 5.41) is 7.99. The minimum Gasteiger partial charge on any atom is -0.497 e. The fourth-order valence-electron chi connectivity index (χ4n) is 2.81. The van der Waals surface area contributed by atoms with E-state index < -0.39 is 0 Å². The second-order valence-electron chi connectivity index (χ2n) is 6.25. The van der Waals surface area contributed by atoms with Gasteiger partial charge in [0.25, 0.3) is 5.91 Å². The van der Waals surface area contributed by atoms with Crippen LogP contribution in [0.3, 0.4) is 0 Å². The zero-order valence-corrected chi connectivity index (χ0v) is 15.5. The number of carbonyl (C=O) groups is 1. The molecule has 0 saturated carbocycles. The molecule has 0 spiro atoms. The maximum Gasteiger partial charge on any atom is 0.256 e. The molecule has 1 amide bonds. The molecular weight excluding hydrogens is 332 g/mol. The van der Waals surface area contributed by atoms with Crippen molar-refractivity contribution in [1.82, 2.24) is 14.8 Å². The summed E-state index contributed by atoms with van der Waals surface area (Å²) in [4.78, 5) is 17.5. The molecule has 0 saturated heterocycles. The average Bonchev–Trinajstić information content (AvgIpc) is 3.04. The normalized spacial score (nSPS) is 11.0. The van der Waals surface area contributed by atoms with Gasteiger partial charge in [-0.1, -0.05) is 0 Å². The summed E-state index contributed by atoms with van der Waals surface area (Å²) in [6, 6.07) is 7.15. The van der Waals surface area contributed by atoms with Crippen molar-refractivity contribution in [3.05, 3.63) is 41.7 Å². The van der Waals surface area contributed by atoms with Crippen molar-refractivity contribution in [2.45, 2.75) is 26.8 Å². The van der Waals surface area contributed by atoms with Crippen LogP contribution in [-0.4, -0.2) is 34.9 Å². The van der Waals surface area contributed by atoms with E-state index in [2.05, 4.69) is 15.4 Å². The molecule has 0 radical (unpaired) electrons. The van der Waals surface area contributed by atoms with Crippen LogP contribution in [0.1, 0.15) is 35.9 Å². The van der Waals surface area contributed by atoms with Crippen LogP contribution in [0.2, 0.25) is 0 Å². The summed E-state index contributed by atoms with van der Waals surface area (Å²) < 4.78 is 12.4. The minimum atomic E-state index is -0.254. The summed E-state index contributed by atoms with van der Waals surface area (Å²) in [6.45, 7) is 5.91. The largest absolute Gasteiger partial charge is 0.497 e. The molecule has 0 aliphatic carbocycles. The Balaban J connectivity index is 2.04. The number of benzene rings is 1. The third-order valence-electron chi connectivity index (χ3n) is 4.08. The number of ether oxygens (including phenoxy) is 2. The average molecular weight is 354 g/mol. The number of hydrogen-bond donors (Lipinski definition) is 1. The summed E-state index contributed by atoms with van der Waals surface area (Å²) in [6.07, 6.45) is 1.68. The Kier molecular flexibility index (Phi) is 4.79. The maximum absolute atomic E-state index is 13.0. The highest BCUT2D eigenvalue weighted by Gasteiger charge is 2.18. The Bertz CT molecular complexity index is 963. The topological polar surface area (TPSA) is 78.3 Å². The van der Waals surface area contributed by atoms with Gasteiger partial charge in [0.1, 0.15) is 11.5 Å². The lowest BCUT2D eigenvalue weighted by atomic mass is 10.1. The Morgan fingerprint density at radius 3 is 2.62 bits per heavy atom. The Hall–Kier alpha value is -3.09. The summed E-state index contributed by atoms with van der Waals surface area (Å²) in [5.41, 5.74) is 2.51. The first-order chi connectivity index (χ1) is 12.4. The molecule has 26 heavy (non-hydrogen) atoms. The highest BCUT2D eigenvalue weighted by atomic mass is 16.5. The first kappa shape index (κ1) is 17.7. The Morgan fingerprint density at radius 1 is 1.19 bits per heavy atom. The molecule has 7 nitrogen and oxygen atoms in total. The number of aromatic nitrogens is 3. The lowest BCUT2D eigenvalue weighted by molar-refractivity contribution is 0.102. The number of methoxy groups -OCH3 is 2. The van der Waals surface area contributed by atoms with Gasteiger partial charge in [-0.3, -0.25) is 4.79 Å². The van der Waals surface area contributed by atoms with E-state index in [9.17, 15) is 4.79 Å². The van der Waals surface area contributed by atoms with Crippen LogP contribution in [0.15, 0.2) is 30.5 Å². The third-order valence-corrected chi connectivity index (χ3v) is 4.08. The molecule has 0 unspecified atom stereocenters. The van der Waals surface area contributed by atoms with Crippen LogP contribution in [-0.2, 0) is 0 Å². The Morgan fingerprint density at radius 2 is 1.96 bits per heavy atom. The van der Waals surface area contributed by atoms with Crippen molar-refractivity contribution in [3.63, 3.8) is 0 Å². The van der Waals surface area contributed by atoms with Crippen molar-refractivity contribution in [3.8, 4) is 11.5 Å². The number of carbonyl (C=O) groups excluding carboxylic acids is 1. The number of pyridine rings is 1. The molecule has 1 N–H and O–H groups in total. The van der Waals surface area contributed by atoms with Gasteiger partial charge in [-0.05, 0) is 39.0 Å². The minimum absolute atomic E-state index is 0.149. The number of aryl methyl sites for hydroxylation is 1. The van der Waals surface area contributed by atoms with Gasteiger partial charge in [-0.15, -0.1) is 0 Å². The van der Waals surface area contributed by atoms with Gasteiger partial charge >= 0.3 is 0 Å². The van der Waals surface area contributed by atoms with Gasteiger partial charge in [0.05, 0.1) is 37.1 Å². The maximum atomic E-state index is 13.0. The van der Waals surface area contributed by atoms with Gasteiger partial charge in [0.2, 0.25) is 0 Å². The molecule has 3 aromatic rings. The SMILES string of the molecule is COc1ccc(OC)c(NC(=O)c2cc(C)nc3c2cnn3C(C)C)c1. The summed E-state index contributed by atoms with van der Waals surface area (Å²) in [7, 11) is 3.13. The van der Waals surface area contributed by atoms with E-state index in [4.69, 9.17) is 9.47 Å². The van der Waals surface area contributed by atoms with E-state index in [0.29, 0.717) is 33.8 Å². The van der Waals surface area contributed by atoms with Crippen LogP contribution >= 0.6 is 0 Å². The number of amides is 1. The predicted molar refractivity (Wildman–Crippen MR) is 100 cm³/mol. The first-order valence-corrected chi connectivity index (χ1v) is 8.32. The van der Waals surface area contributed by atoms with Gasteiger partial charge in [0, 0.05) is 17.8 Å². The molecule has 1 aromatic carbocycles. The summed E-state index contributed by atoms with van der Waals surface area (Å²) in [5.74, 6) is 0.930. The fraction of sp³-hybridized carbons (Fsp3) is 0.316. The van der Waals surface area contributed by atoms with Crippen LogP contribution < -0.4 is 14.8 Å². The smallest absolute Gasteiger partial charge is 0.256 e. The molecule has 0 atom stereocenters. The van der Waals surface area contributed by atoms with E-state index in [1.165, 1.54) is 0 Å². The highest BCUT2D eigenvalue weighted by molar-refractivity contribution is 6.12. The zero-order valence-electron chi connectivity index (χ0n) is 15.5. The quantitative estimate of drug-likeness (QED) is 0.757. The Labute approximate surface area is 151 Å². The number of anilines is 1. The van der Waals surface area contributed by atoms with E-state index in [-0.39, 0.29) is 11.9 Å². The second-order valence-corrected chi connectivity index (χ2v) is 6.25. The monoisotopic (exact) mass is 354 g/mol. The fourth-order valence-corrected chi connectivity index (χ4v) is 2.81. The molecule has 0 aliphatic heterocycles. The van der Waals surface area contributed by atoms with Gasteiger partial charge < -0.3 is 14.8 Å². The third kappa shape index (κ3) is 3.20. The number of hydrogen-bond acceptors (Lipinski definition) is 5. The number of nitrogens with one attached hydrogen (secondary N) is 1. The lowest BCUT2D eigenvalue weighted by Crippen LogP contribution is -2.14. The van der Waals surface area contributed by atoms with E-state index in [1.54, 1.807) is 44.7 Å².